The van der Waals surface area contributed by atoms with Crippen molar-refractivity contribution in [2.75, 3.05) is 10.6 Å². The Balaban J connectivity index is 1.45. The Bertz CT molecular complexity index is 1310. The van der Waals surface area contributed by atoms with E-state index in [9.17, 15) is 14.7 Å². The fourth-order valence-corrected chi connectivity index (χ4v) is 3.20. The number of phenols is 1. The van der Waals surface area contributed by atoms with E-state index in [0.717, 1.165) is 11.3 Å². The number of rotatable bonds is 5. The van der Waals surface area contributed by atoms with Gasteiger partial charge in [0, 0.05) is 11.8 Å². The van der Waals surface area contributed by atoms with Crippen molar-refractivity contribution in [2.45, 2.75) is 13.8 Å². The molecule has 3 N–H and O–H groups in total. The van der Waals surface area contributed by atoms with Gasteiger partial charge < -0.3 is 15.7 Å². The van der Waals surface area contributed by atoms with E-state index < -0.39 is 5.91 Å². The molecular formula is C24H21N5O3. The van der Waals surface area contributed by atoms with E-state index in [0.29, 0.717) is 28.2 Å². The monoisotopic (exact) mass is 427 g/mol. The minimum atomic E-state index is -0.392. The third-order valence-electron chi connectivity index (χ3n) is 4.88. The minimum absolute atomic E-state index is 0.00568. The highest BCUT2D eigenvalue weighted by molar-refractivity contribution is 6.05. The van der Waals surface area contributed by atoms with Gasteiger partial charge in [-0.15, -0.1) is 0 Å². The first kappa shape index (κ1) is 20.8. The summed E-state index contributed by atoms with van der Waals surface area (Å²) in [6.45, 7) is 3.75. The number of nitrogens with one attached hydrogen (secondary N) is 2. The number of para-hydroxylation sites is 1. The van der Waals surface area contributed by atoms with Gasteiger partial charge in [-0.1, -0.05) is 24.3 Å². The molecule has 0 saturated heterocycles. The average molecular weight is 427 g/mol. The second kappa shape index (κ2) is 8.73. The zero-order chi connectivity index (χ0) is 22.7. The van der Waals surface area contributed by atoms with E-state index in [-0.39, 0.29) is 11.7 Å². The van der Waals surface area contributed by atoms with Gasteiger partial charge in [0.25, 0.3) is 11.8 Å². The third kappa shape index (κ3) is 4.49. The van der Waals surface area contributed by atoms with Crippen LogP contribution in [-0.2, 0) is 0 Å². The van der Waals surface area contributed by atoms with Crippen molar-refractivity contribution >= 4 is 23.3 Å². The zero-order valence-electron chi connectivity index (χ0n) is 17.5. The van der Waals surface area contributed by atoms with Crippen molar-refractivity contribution in [1.29, 1.82) is 0 Å². The second-order valence-corrected chi connectivity index (χ2v) is 7.31. The Morgan fingerprint density at radius 1 is 0.875 bits per heavy atom. The lowest BCUT2D eigenvalue weighted by Gasteiger charge is -2.10. The summed E-state index contributed by atoms with van der Waals surface area (Å²) >= 11 is 0. The molecule has 32 heavy (non-hydrogen) atoms. The predicted molar refractivity (Wildman–Crippen MR) is 121 cm³/mol. The van der Waals surface area contributed by atoms with Crippen LogP contribution in [0.4, 0.5) is 11.5 Å². The number of hydrogen-bond donors (Lipinski definition) is 3. The van der Waals surface area contributed by atoms with Crippen LogP contribution in [-0.4, -0.2) is 31.7 Å². The van der Waals surface area contributed by atoms with E-state index in [1.807, 2.05) is 31.2 Å². The second-order valence-electron chi connectivity index (χ2n) is 7.31. The topological polar surface area (TPSA) is 109 Å². The van der Waals surface area contributed by atoms with Crippen molar-refractivity contribution in [3.05, 3.63) is 95.4 Å². The first-order chi connectivity index (χ1) is 15.4. The summed E-state index contributed by atoms with van der Waals surface area (Å²) < 4.78 is 1.66. The fraction of sp³-hybridized carbons (Fsp3) is 0.0833. The molecule has 0 spiro atoms. The SMILES string of the molecule is Cc1ccccc1-n1cc(C(=O)Nc2cnc(NC(=O)c3cccc(O)c3)c(C)c2)cn1. The maximum absolute atomic E-state index is 12.6. The van der Waals surface area contributed by atoms with E-state index in [1.165, 1.54) is 24.5 Å². The van der Waals surface area contributed by atoms with E-state index in [1.54, 1.807) is 36.0 Å². The number of carbonyl (C=O) groups excluding carboxylic acids is 2. The highest BCUT2D eigenvalue weighted by atomic mass is 16.3. The molecule has 2 aromatic carbocycles. The lowest BCUT2D eigenvalue weighted by atomic mass is 10.2. The zero-order valence-corrected chi connectivity index (χ0v) is 17.5. The van der Waals surface area contributed by atoms with Crippen LogP contribution >= 0.6 is 0 Å². The number of aromatic hydroxyl groups is 1. The molecular weight excluding hydrogens is 406 g/mol. The van der Waals surface area contributed by atoms with Crippen LogP contribution in [0.1, 0.15) is 31.8 Å². The van der Waals surface area contributed by atoms with Crippen LogP contribution < -0.4 is 10.6 Å². The molecule has 0 aliphatic rings. The Labute approximate surface area is 184 Å². The maximum Gasteiger partial charge on any atom is 0.258 e. The number of anilines is 2. The van der Waals surface area contributed by atoms with Crippen molar-refractivity contribution in [1.82, 2.24) is 14.8 Å². The summed E-state index contributed by atoms with van der Waals surface area (Å²) in [5.41, 5.74) is 3.83. The number of hydrogen-bond acceptors (Lipinski definition) is 5. The Hall–Kier alpha value is -4.46. The lowest BCUT2D eigenvalue weighted by Crippen LogP contribution is -2.15. The van der Waals surface area contributed by atoms with E-state index in [2.05, 4.69) is 20.7 Å². The van der Waals surface area contributed by atoms with Gasteiger partial charge in [0.2, 0.25) is 0 Å². The van der Waals surface area contributed by atoms with Crippen LogP contribution in [0, 0.1) is 13.8 Å². The predicted octanol–water partition coefficient (Wildman–Crippen LogP) is 4.09. The molecule has 8 heteroatoms. The average Bonchev–Trinajstić information content (AvgIpc) is 3.26. The highest BCUT2D eigenvalue weighted by Gasteiger charge is 2.13. The first-order valence-corrected chi connectivity index (χ1v) is 9.90. The van der Waals surface area contributed by atoms with Gasteiger partial charge in [-0.05, 0) is 55.3 Å². The number of aromatic nitrogens is 3. The van der Waals surface area contributed by atoms with E-state index >= 15 is 0 Å². The summed E-state index contributed by atoms with van der Waals surface area (Å²) in [5.74, 6) is -0.339. The molecule has 2 aromatic heterocycles. The Morgan fingerprint density at radius 2 is 1.66 bits per heavy atom. The highest BCUT2D eigenvalue weighted by Crippen LogP contribution is 2.19. The molecule has 0 aliphatic carbocycles. The molecule has 160 valence electrons. The third-order valence-corrected chi connectivity index (χ3v) is 4.88. The van der Waals surface area contributed by atoms with Gasteiger partial charge in [0.1, 0.15) is 11.6 Å². The number of aryl methyl sites for hydroxylation is 2. The standard InChI is InChI=1S/C24H21N5O3/c1-15-6-3-4-9-21(15)29-14-18(12-26-29)24(32)27-19-10-16(2)22(25-13-19)28-23(31)17-7-5-8-20(30)11-17/h3-14,30H,1-2H3,(H,27,32)(H,25,28,31). The summed E-state index contributed by atoms with van der Waals surface area (Å²) in [5, 5.41) is 19.3. The van der Waals surface area contributed by atoms with E-state index in [4.69, 9.17) is 0 Å². The molecule has 0 radical (unpaired) electrons. The Morgan fingerprint density at radius 3 is 2.41 bits per heavy atom. The summed E-state index contributed by atoms with van der Waals surface area (Å²) in [6, 6.07) is 15.5. The van der Waals surface area contributed by atoms with Crippen LogP contribution in [0.25, 0.3) is 5.69 Å². The first-order valence-electron chi connectivity index (χ1n) is 9.90. The normalized spacial score (nSPS) is 10.6. The van der Waals surface area contributed by atoms with Crippen molar-refractivity contribution < 1.29 is 14.7 Å². The van der Waals surface area contributed by atoms with Crippen LogP contribution in [0.3, 0.4) is 0 Å². The van der Waals surface area contributed by atoms with Gasteiger partial charge in [0.05, 0.1) is 29.3 Å². The lowest BCUT2D eigenvalue weighted by molar-refractivity contribution is 0.101. The van der Waals surface area contributed by atoms with Crippen molar-refractivity contribution in [3.8, 4) is 11.4 Å². The van der Waals surface area contributed by atoms with Crippen LogP contribution in [0.5, 0.6) is 5.75 Å². The molecule has 0 saturated carbocycles. The van der Waals surface area contributed by atoms with Crippen molar-refractivity contribution in [2.24, 2.45) is 0 Å². The number of nitrogens with zero attached hydrogens (tertiary/aromatic N) is 3. The van der Waals surface area contributed by atoms with Gasteiger partial charge >= 0.3 is 0 Å². The van der Waals surface area contributed by atoms with Gasteiger partial charge in [-0.2, -0.15) is 5.10 Å². The molecule has 8 nitrogen and oxygen atoms in total. The number of phenolic OH excluding ortho intramolecular Hbond substituents is 1. The van der Waals surface area contributed by atoms with Gasteiger partial charge in [0.15, 0.2) is 0 Å². The molecule has 0 bridgehead atoms. The number of carbonyl (C=O) groups is 2. The molecule has 2 amide bonds. The quantitative estimate of drug-likeness (QED) is 0.444. The van der Waals surface area contributed by atoms with Crippen LogP contribution in [0.15, 0.2) is 73.2 Å². The molecule has 4 aromatic rings. The molecule has 2 heterocycles. The summed E-state index contributed by atoms with van der Waals surface area (Å²) in [7, 11) is 0. The molecule has 0 atom stereocenters. The number of benzene rings is 2. The smallest absolute Gasteiger partial charge is 0.258 e. The summed E-state index contributed by atoms with van der Waals surface area (Å²) in [6.07, 6.45) is 4.64. The fourth-order valence-electron chi connectivity index (χ4n) is 3.20. The largest absolute Gasteiger partial charge is 0.508 e. The number of pyridine rings is 1. The number of amides is 2. The van der Waals surface area contributed by atoms with Gasteiger partial charge in [-0.3, -0.25) is 9.59 Å². The minimum Gasteiger partial charge on any atom is -0.508 e. The van der Waals surface area contributed by atoms with Gasteiger partial charge in [-0.25, -0.2) is 9.67 Å². The van der Waals surface area contributed by atoms with Crippen LogP contribution in [0.2, 0.25) is 0 Å². The molecule has 0 fully saturated rings. The molecule has 0 unspecified atom stereocenters. The van der Waals surface area contributed by atoms with Crippen molar-refractivity contribution in [3.63, 3.8) is 0 Å². The summed E-state index contributed by atoms with van der Waals surface area (Å²) in [4.78, 5) is 29.3. The molecule has 0 aliphatic heterocycles. The Kier molecular flexibility index (Phi) is 5.67. The molecule has 4 rings (SSSR count). The maximum atomic E-state index is 12.6.